The van der Waals surface area contributed by atoms with Crippen LogP contribution < -0.4 is 5.32 Å². The Morgan fingerprint density at radius 2 is 2.32 bits per heavy atom. The van der Waals surface area contributed by atoms with E-state index in [2.05, 4.69) is 41.2 Å². The van der Waals surface area contributed by atoms with Crippen LogP contribution in [-0.2, 0) is 13.0 Å². The van der Waals surface area contributed by atoms with Crippen LogP contribution in [0.4, 0.5) is 0 Å². The van der Waals surface area contributed by atoms with E-state index in [1.165, 1.54) is 37.7 Å². The number of rotatable bonds is 2. The van der Waals surface area contributed by atoms with Gasteiger partial charge in [0.1, 0.15) is 0 Å². The molecule has 2 nitrogen and oxygen atoms in total. The van der Waals surface area contributed by atoms with Gasteiger partial charge < -0.3 is 9.88 Å². The molecule has 2 aromatic rings. The summed E-state index contributed by atoms with van der Waals surface area (Å²) in [4.78, 5) is 0. The number of hydrogen-bond donors (Lipinski definition) is 1. The van der Waals surface area contributed by atoms with E-state index in [4.69, 9.17) is 0 Å². The smallest absolute Gasteiger partial charge is 0.0486 e. The van der Waals surface area contributed by atoms with Gasteiger partial charge in [0.2, 0.25) is 0 Å². The fourth-order valence-electron chi connectivity index (χ4n) is 4.14. The van der Waals surface area contributed by atoms with Crippen LogP contribution >= 0.6 is 0 Å². The van der Waals surface area contributed by atoms with Gasteiger partial charge in [-0.1, -0.05) is 19.1 Å². The van der Waals surface area contributed by atoms with Crippen molar-refractivity contribution in [3.05, 3.63) is 35.5 Å². The molecule has 100 valence electrons. The van der Waals surface area contributed by atoms with Crippen molar-refractivity contribution in [3.8, 4) is 0 Å². The maximum Gasteiger partial charge on any atom is 0.0486 e. The minimum atomic E-state index is 0.671. The van der Waals surface area contributed by atoms with Crippen LogP contribution in [0.25, 0.3) is 10.9 Å². The first-order valence-electron chi connectivity index (χ1n) is 7.72. The van der Waals surface area contributed by atoms with Gasteiger partial charge in [-0.15, -0.1) is 0 Å². The number of fused-ring (bicyclic) bond motifs is 2. The molecule has 19 heavy (non-hydrogen) atoms. The Morgan fingerprint density at radius 1 is 1.37 bits per heavy atom. The summed E-state index contributed by atoms with van der Waals surface area (Å²) in [6.45, 7) is 4.60. The lowest BCUT2D eigenvalue weighted by molar-refractivity contribution is 0.345. The lowest BCUT2D eigenvalue weighted by Gasteiger charge is -2.36. The molecule has 1 N–H and O–H groups in total. The quantitative estimate of drug-likeness (QED) is 0.868. The molecule has 1 aromatic carbocycles. The highest BCUT2D eigenvalue weighted by molar-refractivity contribution is 5.89. The van der Waals surface area contributed by atoms with Crippen molar-refractivity contribution < 1.29 is 0 Å². The molecule has 2 heteroatoms. The van der Waals surface area contributed by atoms with Gasteiger partial charge in [-0.25, -0.2) is 0 Å². The second kappa shape index (κ2) is 4.38. The van der Waals surface area contributed by atoms with Crippen molar-refractivity contribution in [1.82, 2.24) is 9.88 Å². The summed E-state index contributed by atoms with van der Waals surface area (Å²) in [5.41, 5.74) is 4.62. The second-order valence-corrected chi connectivity index (χ2v) is 6.10. The van der Waals surface area contributed by atoms with Crippen LogP contribution in [0.3, 0.4) is 0 Å². The van der Waals surface area contributed by atoms with Crippen molar-refractivity contribution in [2.24, 2.45) is 0 Å². The molecule has 1 aromatic heterocycles. The highest BCUT2D eigenvalue weighted by Crippen LogP contribution is 2.41. The van der Waals surface area contributed by atoms with Crippen LogP contribution in [-0.4, -0.2) is 17.2 Å². The third-order valence-corrected chi connectivity index (χ3v) is 4.90. The molecular formula is C17H22N2. The molecule has 1 aliphatic carbocycles. The van der Waals surface area contributed by atoms with E-state index in [-0.39, 0.29) is 0 Å². The highest BCUT2D eigenvalue weighted by Gasteiger charge is 2.33. The SMILES string of the molecule is CCCn1cc2c3c(cccc31)[C@H]1CCCN[C@@H]1C2. The third-order valence-electron chi connectivity index (χ3n) is 4.90. The first kappa shape index (κ1) is 11.5. The Balaban J connectivity index is 1.91. The van der Waals surface area contributed by atoms with Crippen molar-refractivity contribution in [2.75, 3.05) is 6.54 Å². The van der Waals surface area contributed by atoms with E-state index in [1.54, 1.807) is 16.5 Å². The molecule has 1 saturated heterocycles. The molecule has 2 aliphatic rings. The van der Waals surface area contributed by atoms with Crippen molar-refractivity contribution >= 4 is 10.9 Å². The Labute approximate surface area is 114 Å². The molecule has 0 bridgehead atoms. The number of nitrogens with zero attached hydrogens (tertiary/aromatic N) is 1. The summed E-state index contributed by atoms with van der Waals surface area (Å²) in [6.07, 6.45) is 7.51. The Morgan fingerprint density at radius 3 is 3.21 bits per heavy atom. The van der Waals surface area contributed by atoms with Crippen LogP contribution in [0.15, 0.2) is 24.4 Å². The zero-order valence-electron chi connectivity index (χ0n) is 11.7. The van der Waals surface area contributed by atoms with E-state index in [0.717, 1.165) is 12.5 Å². The summed E-state index contributed by atoms with van der Waals surface area (Å²) >= 11 is 0. The van der Waals surface area contributed by atoms with Gasteiger partial charge in [0.05, 0.1) is 0 Å². The van der Waals surface area contributed by atoms with E-state index in [1.807, 2.05) is 0 Å². The number of aromatic nitrogens is 1. The van der Waals surface area contributed by atoms with Gasteiger partial charge in [0.15, 0.2) is 0 Å². The number of benzene rings is 1. The minimum absolute atomic E-state index is 0.671. The minimum Gasteiger partial charge on any atom is -0.347 e. The number of nitrogens with one attached hydrogen (secondary N) is 1. The summed E-state index contributed by atoms with van der Waals surface area (Å²) < 4.78 is 2.46. The molecule has 2 atom stereocenters. The molecule has 0 unspecified atom stereocenters. The fourth-order valence-corrected chi connectivity index (χ4v) is 4.14. The van der Waals surface area contributed by atoms with Gasteiger partial charge >= 0.3 is 0 Å². The normalized spacial score (nSPS) is 25.5. The maximum absolute atomic E-state index is 3.74. The molecule has 1 aliphatic heterocycles. The van der Waals surface area contributed by atoms with Crippen molar-refractivity contribution in [1.29, 1.82) is 0 Å². The highest BCUT2D eigenvalue weighted by atomic mass is 15.0. The third kappa shape index (κ3) is 1.66. The Hall–Kier alpha value is -1.28. The van der Waals surface area contributed by atoms with Crippen LogP contribution in [0.5, 0.6) is 0 Å². The average Bonchev–Trinajstić information content (AvgIpc) is 2.79. The summed E-state index contributed by atoms with van der Waals surface area (Å²) in [6, 6.07) is 7.59. The van der Waals surface area contributed by atoms with Crippen molar-refractivity contribution in [3.63, 3.8) is 0 Å². The van der Waals surface area contributed by atoms with Crippen LogP contribution in [0, 0.1) is 0 Å². The molecule has 0 radical (unpaired) electrons. The van der Waals surface area contributed by atoms with E-state index >= 15 is 0 Å². The number of piperidine rings is 1. The fraction of sp³-hybridized carbons (Fsp3) is 0.529. The second-order valence-electron chi connectivity index (χ2n) is 6.10. The maximum atomic E-state index is 3.74. The monoisotopic (exact) mass is 254 g/mol. The van der Waals surface area contributed by atoms with Gasteiger partial charge in [-0.3, -0.25) is 0 Å². The molecular weight excluding hydrogens is 232 g/mol. The molecule has 2 heterocycles. The zero-order chi connectivity index (χ0) is 12.8. The predicted octanol–water partition coefficient (Wildman–Crippen LogP) is 3.44. The van der Waals surface area contributed by atoms with Gasteiger partial charge in [-0.05, 0) is 49.4 Å². The standard InChI is InChI=1S/C17H22N2/c1-2-9-19-11-12-10-15-13(6-4-8-18-15)14-5-3-7-16(19)17(12)14/h3,5,7,11,13,15,18H,2,4,6,8-10H2,1H3/t13-,15-/m1/s1. The first-order valence-corrected chi connectivity index (χ1v) is 7.72. The van der Waals surface area contributed by atoms with Gasteiger partial charge in [-0.2, -0.15) is 0 Å². The number of hydrogen-bond acceptors (Lipinski definition) is 1. The van der Waals surface area contributed by atoms with Crippen LogP contribution in [0.1, 0.15) is 43.2 Å². The molecule has 1 fully saturated rings. The first-order chi connectivity index (χ1) is 9.38. The van der Waals surface area contributed by atoms with E-state index in [0.29, 0.717) is 6.04 Å². The lowest BCUT2D eigenvalue weighted by atomic mass is 9.76. The van der Waals surface area contributed by atoms with E-state index in [9.17, 15) is 0 Å². The van der Waals surface area contributed by atoms with Gasteiger partial charge in [0, 0.05) is 35.6 Å². The predicted molar refractivity (Wildman–Crippen MR) is 79.7 cm³/mol. The Bertz CT molecular complexity index is 611. The molecule has 4 rings (SSSR count). The molecule has 0 spiro atoms. The number of aryl methyl sites for hydroxylation is 1. The lowest BCUT2D eigenvalue weighted by Crippen LogP contribution is -2.43. The largest absolute Gasteiger partial charge is 0.347 e. The van der Waals surface area contributed by atoms with E-state index < -0.39 is 0 Å². The summed E-state index contributed by atoms with van der Waals surface area (Å²) in [5, 5.41) is 5.31. The topological polar surface area (TPSA) is 17.0 Å². The van der Waals surface area contributed by atoms with Crippen LogP contribution in [0.2, 0.25) is 0 Å². The van der Waals surface area contributed by atoms with Crippen molar-refractivity contribution in [2.45, 2.75) is 51.1 Å². The molecule has 0 amide bonds. The summed E-state index contributed by atoms with van der Waals surface area (Å²) in [5.74, 6) is 0.738. The summed E-state index contributed by atoms with van der Waals surface area (Å²) in [7, 11) is 0. The molecule has 0 saturated carbocycles. The average molecular weight is 254 g/mol. The zero-order valence-corrected chi connectivity index (χ0v) is 11.7. The van der Waals surface area contributed by atoms with Gasteiger partial charge in [0.25, 0.3) is 0 Å². The Kier molecular flexibility index (Phi) is 2.66.